The number of hydrogen-bond acceptors (Lipinski definition) is 2. The van der Waals surface area contributed by atoms with Gasteiger partial charge in [-0.25, -0.2) is 0 Å². The summed E-state index contributed by atoms with van der Waals surface area (Å²) >= 11 is 0. The number of nitrogens with zero attached hydrogens (tertiary/aromatic N) is 1. The van der Waals surface area contributed by atoms with Crippen LogP contribution in [0.3, 0.4) is 0 Å². The monoisotopic (exact) mass is 259 g/mol. The molecule has 0 radical (unpaired) electrons. The zero-order valence-corrected chi connectivity index (χ0v) is 12.4. The van der Waals surface area contributed by atoms with Gasteiger partial charge >= 0.3 is 0 Å². The maximum absolute atomic E-state index is 8.83. The van der Waals surface area contributed by atoms with Gasteiger partial charge in [0.2, 0.25) is 0 Å². The highest BCUT2D eigenvalue weighted by molar-refractivity contribution is 5.37. The molecule has 104 valence electrons. The predicted octanol–water partition coefficient (Wildman–Crippen LogP) is 4.60. The molecule has 0 saturated carbocycles. The van der Waals surface area contributed by atoms with Crippen LogP contribution in [0.15, 0.2) is 18.2 Å². The zero-order valence-electron chi connectivity index (χ0n) is 12.4. The number of aryl methyl sites for hydroxylation is 1. The molecule has 0 aliphatic carbocycles. The first kappa shape index (κ1) is 15.7. The molecule has 1 aromatic carbocycles. The minimum absolute atomic E-state index is 0.653. The maximum Gasteiger partial charge on any atom is 0.0991 e. The molecule has 1 atom stereocenters. The summed E-state index contributed by atoms with van der Waals surface area (Å²) in [5, 5.41) is 8.83. The topological polar surface area (TPSA) is 33.0 Å². The summed E-state index contributed by atoms with van der Waals surface area (Å²) in [7, 11) is 0. The second-order valence-corrected chi connectivity index (χ2v) is 5.18. The van der Waals surface area contributed by atoms with Crippen LogP contribution in [-0.4, -0.2) is 6.61 Å². The van der Waals surface area contributed by atoms with Crippen LogP contribution in [0.2, 0.25) is 0 Å². The molecule has 0 spiro atoms. The van der Waals surface area contributed by atoms with Crippen molar-refractivity contribution in [1.82, 2.24) is 0 Å². The highest BCUT2D eigenvalue weighted by Gasteiger charge is 2.07. The molecule has 0 aromatic heterocycles. The Bertz CT molecular complexity index is 420. The molecule has 1 aromatic rings. The van der Waals surface area contributed by atoms with Crippen LogP contribution in [0.25, 0.3) is 0 Å². The SMILES string of the molecule is CCCCC(CC)COCc1ccc(C#N)cc1C. The van der Waals surface area contributed by atoms with Gasteiger partial charge in [-0.3, -0.25) is 0 Å². The van der Waals surface area contributed by atoms with Crippen LogP contribution in [0.4, 0.5) is 0 Å². The van der Waals surface area contributed by atoms with E-state index in [0.29, 0.717) is 12.5 Å². The van der Waals surface area contributed by atoms with E-state index in [1.165, 1.54) is 31.2 Å². The third-order valence-corrected chi connectivity index (χ3v) is 3.63. The lowest BCUT2D eigenvalue weighted by Gasteiger charge is -2.15. The Morgan fingerprint density at radius 2 is 2.11 bits per heavy atom. The number of benzene rings is 1. The third kappa shape index (κ3) is 5.44. The van der Waals surface area contributed by atoms with E-state index < -0.39 is 0 Å². The Labute approximate surface area is 117 Å². The Hall–Kier alpha value is -1.33. The Kier molecular flexibility index (Phi) is 7.22. The van der Waals surface area contributed by atoms with E-state index in [2.05, 4.69) is 19.9 Å². The smallest absolute Gasteiger partial charge is 0.0991 e. The lowest BCUT2D eigenvalue weighted by atomic mass is 10.0. The van der Waals surface area contributed by atoms with Crippen molar-refractivity contribution in [3.05, 3.63) is 34.9 Å². The van der Waals surface area contributed by atoms with E-state index in [0.717, 1.165) is 17.7 Å². The summed E-state index contributed by atoms with van der Waals surface area (Å²) in [6.07, 6.45) is 4.99. The van der Waals surface area contributed by atoms with E-state index >= 15 is 0 Å². The third-order valence-electron chi connectivity index (χ3n) is 3.63. The molecule has 0 heterocycles. The number of rotatable bonds is 8. The normalized spacial score (nSPS) is 12.1. The first-order chi connectivity index (χ1) is 9.21. The van der Waals surface area contributed by atoms with Crippen LogP contribution in [0, 0.1) is 24.2 Å². The van der Waals surface area contributed by atoms with E-state index in [-0.39, 0.29) is 0 Å². The average Bonchev–Trinajstić information content (AvgIpc) is 2.44. The van der Waals surface area contributed by atoms with Crippen LogP contribution < -0.4 is 0 Å². The van der Waals surface area contributed by atoms with Gasteiger partial charge in [-0.2, -0.15) is 5.26 Å². The van der Waals surface area contributed by atoms with Crippen molar-refractivity contribution in [2.24, 2.45) is 5.92 Å². The van der Waals surface area contributed by atoms with Gasteiger partial charge < -0.3 is 4.74 Å². The highest BCUT2D eigenvalue weighted by atomic mass is 16.5. The summed E-state index contributed by atoms with van der Waals surface area (Å²) in [5.74, 6) is 0.679. The molecule has 0 amide bonds. The molecule has 0 aliphatic rings. The molecule has 1 rings (SSSR count). The van der Waals surface area contributed by atoms with Gasteiger partial charge in [0.25, 0.3) is 0 Å². The second-order valence-electron chi connectivity index (χ2n) is 5.18. The quantitative estimate of drug-likeness (QED) is 0.683. The van der Waals surface area contributed by atoms with Crippen molar-refractivity contribution in [2.45, 2.75) is 53.1 Å². The van der Waals surface area contributed by atoms with E-state index in [1.54, 1.807) is 0 Å². The van der Waals surface area contributed by atoms with Crippen molar-refractivity contribution >= 4 is 0 Å². The van der Waals surface area contributed by atoms with Gasteiger partial charge in [0, 0.05) is 6.61 Å². The molecule has 0 aliphatic heterocycles. The fourth-order valence-corrected chi connectivity index (χ4v) is 2.16. The van der Waals surface area contributed by atoms with Crippen molar-refractivity contribution in [1.29, 1.82) is 5.26 Å². The first-order valence-corrected chi connectivity index (χ1v) is 7.28. The molecule has 0 fully saturated rings. The molecular formula is C17H25NO. The van der Waals surface area contributed by atoms with Gasteiger partial charge in [-0.05, 0) is 42.5 Å². The number of unbranched alkanes of at least 4 members (excludes halogenated alkanes) is 1. The molecule has 19 heavy (non-hydrogen) atoms. The van der Waals surface area contributed by atoms with Gasteiger partial charge in [0.1, 0.15) is 0 Å². The molecule has 0 saturated heterocycles. The molecule has 2 heteroatoms. The summed E-state index contributed by atoms with van der Waals surface area (Å²) in [6.45, 7) is 7.99. The summed E-state index contributed by atoms with van der Waals surface area (Å²) in [4.78, 5) is 0. The summed E-state index contributed by atoms with van der Waals surface area (Å²) in [5.41, 5.74) is 3.04. The first-order valence-electron chi connectivity index (χ1n) is 7.28. The number of nitriles is 1. The number of ether oxygens (including phenoxy) is 1. The van der Waals surface area contributed by atoms with Crippen LogP contribution in [0.5, 0.6) is 0 Å². The second kappa shape index (κ2) is 8.72. The standard InChI is InChI=1S/C17H25NO/c1-4-6-7-15(5-2)12-19-13-17-9-8-16(11-18)10-14(17)3/h8-10,15H,4-7,12-13H2,1-3H3. The van der Waals surface area contributed by atoms with E-state index in [9.17, 15) is 0 Å². The van der Waals surface area contributed by atoms with Crippen LogP contribution in [0.1, 0.15) is 56.2 Å². The highest BCUT2D eigenvalue weighted by Crippen LogP contribution is 2.16. The van der Waals surface area contributed by atoms with Gasteiger partial charge in [0.05, 0.1) is 18.2 Å². The molecular weight excluding hydrogens is 234 g/mol. The summed E-state index contributed by atoms with van der Waals surface area (Å²) < 4.78 is 5.84. The van der Waals surface area contributed by atoms with Crippen molar-refractivity contribution in [3.63, 3.8) is 0 Å². The largest absolute Gasteiger partial charge is 0.376 e. The Morgan fingerprint density at radius 1 is 1.32 bits per heavy atom. The van der Waals surface area contributed by atoms with E-state index in [1.807, 2.05) is 25.1 Å². The maximum atomic E-state index is 8.83. The Balaban J connectivity index is 2.42. The minimum Gasteiger partial charge on any atom is -0.376 e. The van der Waals surface area contributed by atoms with Crippen molar-refractivity contribution in [2.75, 3.05) is 6.61 Å². The molecule has 0 N–H and O–H groups in total. The minimum atomic E-state index is 0.653. The van der Waals surface area contributed by atoms with Gasteiger partial charge in [-0.1, -0.05) is 39.2 Å². The van der Waals surface area contributed by atoms with Gasteiger partial charge in [0.15, 0.2) is 0 Å². The predicted molar refractivity (Wildman–Crippen MR) is 78.9 cm³/mol. The fraction of sp³-hybridized carbons (Fsp3) is 0.588. The number of hydrogen-bond donors (Lipinski definition) is 0. The Morgan fingerprint density at radius 3 is 2.68 bits per heavy atom. The van der Waals surface area contributed by atoms with E-state index in [4.69, 9.17) is 10.00 Å². The van der Waals surface area contributed by atoms with Gasteiger partial charge in [-0.15, -0.1) is 0 Å². The van der Waals surface area contributed by atoms with Crippen LogP contribution in [-0.2, 0) is 11.3 Å². The zero-order chi connectivity index (χ0) is 14.1. The summed E-state index contributed by atoms with van der Waals surface area (Å²) in [6, 6.07) is 7.95. The molecule has 1 unspecified atom stereocenters. The lowest BCUT2D eigenvalue weighted by Crippen LogP contribution is -2.09. The lowest BCUT2D eigenvalue weighted by molar-refractivity contribution is 0.0817. The molecule has 2 nitrogen and oxygen atoms in total. The fourth-order valence-electron chi connectivity index (χ4n) is 2.16. The van der Waals surface area contributed by atoms with Crippen LogP contribution >= 0.6 is 0 Å². The van der Waals surface area contributed by atoms with Crippen molar-refractivity contribution < 1.29 is 4.74 Å². The average molecular weight is 259 g/mol. The molecule has 0 bridgehead atoms. The van der Waals surface area contributed by atoms with Crippen molar-refractivity contribution in [3.8, 4) is 6.07 Å².